The Kier molecular flexibility index (Phi) is 4.39. The molecule has 1 aromatic heterocycles. The Morgan fingerprint density at radius 2 is 1.40 bits per heavy atom. The van der Waals surface area contributed by atoms with Crippen LogP contribution < -0.4 is 0 Å². The van der Waals surface area contributed by atoms with E-state index in [0.717, 1.165) is 38.6 Å². The fourth-order valence-electron chi connectivity index (χ4n) is 2.82. The van der Waals surface area contributed by atoms with Crippen molar-refractivity contribution in [2.75, 3.05) is 0 Å². The number of nitrogens with zero attached hydrogens (tertiary/aromatic N) is 2. The summed E-state index contributed by atoms with van der Waals surface area (Å²) in [6.45, 7) is 0. The molecule has 0 spiro atoms. The lowest BCUT2D eigenvalue weighted by atomic mass is 10.0. The zero-order valence-electron chi connectivity index (χ0n) is 13.3. The largest absolute Gasteiger partial charge is 0.249 e. The lowest BCUT2D eigenvalue weighted by Crippen LogP contribution is -2.00. The zero-order chi connectivity index (χ0) is 17.2. The molecule has 0 aliphatic carbocycles. The first kappa shape index (κ1) is 16.1. The maximum Gasteiger partial charge on any atom is 0.0929 e. The van der Waals surface area contributed by atoms with Crippen LogP contribution in [0.2, 0.25) is 10.0 Å². The second kappa shape index (κ2) is 6.83. The van der Waals surface area contributed by atoms with E-state index in [1.165, 1.54) is 0 Å². The molecule has 2 nitrogen and oxygen atoms in total. The number of halogens is 2. The molecule has 0 aliphatic rings. The lowest BCUT2D eigenvalue weighted by Gasteiger charge is -2.11. The minimum absolute atomic E-state index is 0.677. The van der Waals surface area contributed by atoms with Gasteiger partial charge in [0.25, 0.3) is 0 Å². The fraction of sp³-hybridized carbons (Fsp3) is 0.0476. The minimum Gasteiger partial charge on any atom is -0.249 e. The number of aromatic nitrogens is 2. The third-order valence-electron chi connectivity index (χ3n) is 4.03. The van der Waals surface area contributed by atoms with Gasteiger partial charge < -0.3 is 0 Å². The zero-order valence-corrected chi connectivity index (χ0v) is 14.8. The molecule has 25 heavy (non-hydrogen) atoms. The van der Waals surface area contributed by atoms with E-state index in [0.29, 0.717) is 11.4 Å². The molecular weight excluding hydrogens is 351 g/mol. The summed E-state index contributed by atoms with van der Waals surface area (Å²) < 4.78 is 0. The minimum atomic E-state index is 0.677. The molecule has 4 aromatic rings. The first-order valence-corrected chi connectivity index (χ1v) is 8.71. The molecular formula is C21H14Cl2N2. The predicted octanol–water partition coefficient (Wildman–Crippen LogP) is 6.19. The SMILES string of the molecule is Clc1ccc(Cc2nc3ccccc3nc2-c2cccc(Cl)c2)cc1. The fourth-order valence-corrected chi connectivity index (χ4v) is 3.14. The Labute approximate surface area is 156 Å². The summed E-state index contributed by atoms with van der Waals surface area (Å²) in [5.74, 6) is 0. The molecule has 0 N–H and O–H groups in total. The Hall–Kier alpha value is -2.42. The van der Waals surface area contributed by atoms with Crippen molar-refractivity contribution in [1.29, 1.82) is 0 Å². The number of hydrogen-bond donors (Lipinski definition) is 0. The van der Waals surface area contributed by atoms with Crippen LogP contribution in [0.3, 0.4) is 0 Å². The maximum atomic E-state index is 6.18. The highest BCUT2D eigenvalue weighted by molar-refractivity contribution is 6.31. The second-order valence-corrected chi connectivity index (χ2v) is 6.69. The molecule has 122 valence electrons. The highest BCUT2D eigenvalue weighted by Crippen LogP contribution is 2.27. The van der Waals surface area contributed by atoms with Gasteiger partial charge in [-0.15, -0.1) is 0 Å². The van der Waals surface area contributed by atoms with E-state index in [1.807, 2.05) is 72.8 Å². The van der Waals surface area contributed by atoms with Crippen LogP contribution >= 0.6 is 23.2 Å². The number of fused-ring (bicyclic) bond motifs is 1. The van der Waals surface area contributed by atoms with Crippen molar-refractivity contribution in [3.05, 3.63) is 94.1 Å². The Bertz CT molecular complexity index is 1040. The van der Waals surface area contributed by atoms with Gasteiger partial charge in [-0.05, 0) is 42.0 Å². The molecule has 3 aromatic carbocycles. The van der Waals surface area contributed by atoms with Gasteiger partial charge >= 0.3 is 0 Å². The van der Waals surface area contributed by atoms with Gasteiger partial charge in [0.1, 0.15) is 0 Å². The van der Waals surface area contributed by atoms with Crippen LogP contribution in [0.1, 0.15) is 11.3 Å². The molecule has 0 radical (unpaired) electrons. The molecule has 0 saturated heterocycles. The van der Waals surface area contributed by atoms with Crippen molar-refractivity contribution in [3.8, 4) is 11.3 Å². The molecule has 0 unspecified atom stereocenters. The Balaban J connectivity index is 1.87. The molecule has 0 fully saturated rings. The van der Waals surface area contributed by atoms with Crippen LogP contribution in [0, 0.1) is 0 Å². The monoisotopic (exact) mass is 364 g/mol. The molecule has 4 heteroatoms. The summed E-state index contributed by atoms with van der Waals surface area (Å²) in [5.41, 5.74) is 5.64. The molecule has 0 aliphatic heterocycles. The maximum absolute atomic E-state index is 6.18. The molecule has 0 amide bonds. The average molecular weight is 365 g/mol. The third-order valence-corrected chi connectivity index (χ3v) is 4.51. The van der Waals surface area contributed by atoms with Crippen molar-refractivity contribution in [3.63, 3.8) is 0 Å². The Morgan fingerprint density at radius 3 is 2.12 bits per heavy atom. The van der Waals surface area contributed by atoms with Crippen LogP contribution in [-0.2, 0) is 6.42 Å². The molecule has 0 atom stereocenters. The number of benzene rings is 3. The molecule has 0 bridgehead atoms. The third kappa shape index (κ3) is 3.51. The van der Waals surface area contributed by atoms with Crippen molar-refractivity contribution >= 4 is 34.2 Å². The van der Waals surface area contributed by atoms with E-state index in [9.17, 15) is 0 Å². The summed E-state index contributed by atoms with van der Waals surface area (Å²) in [5, 5.41) is 1.41. The van der Waals surface area contributed by atoms with Gasteiger partial charge in [0.05, 0.1) is 22.4 Å². The number of para-hydroxylation sites is 2. The summed E-state index contributed by atoms with van der Waals surface area (Å²) >= 11 is 12.2. The highest BCUT2D eigenvalue weighted by atomic mass is 35.5. The first-order chi connectivity index (χ1) is 12.2. The van der Waals surface area contributed by atoms with E-state index in [4.69, 9.17) is 33.2 Å². The summed E-state index contributed by atoms with van der Waals surface area (Å²) in [4.78, 5) is 9.71. The number of hydrogen-bond acceptors (Lipinski definition) is 2. The van der Waals surface area contributed by atoms with Crippen LogP contribution in [0.15, 0.2) is 72.8 Å². The van der Waals surface area contributed by atoms with Crippen molar-refractivity contribution in [2.24, 2.45) is 0 Å². The van der Waals surface area contributed by atoms with Crippen LogP contribution in [0.25, 0.3) is 22.3 Å². The molecule has 0 saturated carbocycles. The van der Waals surface area contributed by atoms with E-state index in [-0.39, 0.29) is 0 Å². The summed E-state index contributed by atoms with van der Waals surface area (Å²) in [7, 11) is 0. The molecule has 4 rings (SSSR count). The highest BCUT2D eigenvalue weighted by Gasteiger charge is 2.12. The van der Waals surface area contributed by atoms with Gasteiger partial charge in [-0.2, -0.15) is 0 Å². The van der Waals surface area contributed by atoms with Crippen molar-refractivity contribution in [1.82, 2.24) is 9.97 Å². The van der Waals surface area contributed by atoms with Crippen LogP contribution in [-0.4, -0.2) is 9.97 Å². The quantitative estimate of drug-likeness (QED) is 0.432. The summed E-state index contributed by atoms with van der Waals surface area (Å²) in [6, 6.07) is 23.4. The van der Waals surface area contributed by atoms with Gasteiger partial charge in [-0.3, -0.25) is 0 Å². The van der Waals surface area contributed by atoms with Crippen molar-refractivity contribution in [2.45, 2.75) is 6.42 Å². The van der Waals surface area contributed by atoms with Gasteiger partial charge in [0.15, 0.2) is 0 Å². The normalized spacial score (nSPS) is 11.0. The average Bonchev–Trinajstić information content (AvgIpc) is 2.63. The second-order valence-electron chi connectivity index (χ2n) is 5.82. The van der Waals surface area contributed by atoms with E-state index < -0.39 is 0 Å². The Morgan fingerprint density at radius 1 is 0.680 bits per heavy atom. The topological polar surface area (TPSA) is 25.8 Å². The van der Waals surface area contributed by atoms with Gasteiger partial charge in [-0.25, -0.2) is 9.97 Å². The smallest absolute Gasteiger partial charge is 0.0929 e. The number of rotatable bonds is 3. The predicted molar refractivity (Wildman–Crippen MR) is 104 cm³/mol. The summed E-state index contributed by atoms with van der Waals surface area (Å²) in [6.07, 6.45) is 0.677. The van der Waals surface area contributed by atoms with Gasteiger partial charge in [-0.1, -0.05) is 59.6 Å². The van der Waals surface area contributed by atoms with E-state index in [2.05, 4.69) is 0 Å². The van der Waals surface area contributed by atoms with E-state index in [1.54, 1.807) is 0 Å². The van der Waals surface area contributed by atoms with Crippen molar-refractivity contribution < 1.29 is 0 Å². The standard InChI is InChI=1S/C21H14Cl2N2/c22-16-10-8-14(9-11-16)12-20-21(15-4-3-5-17(23)13-15)25-19-7-2-1-6-18(19)24-20/h1-11,13H,12H2. The van der Waals surface area contributed by atoms with Gasteiger partial charge in [0.2, 0.25) is 0 Å². The molecule has 1 heterocycles. The lowest BCUT2D eigenvalue weighted by molar-refractivity contribution is 1.07. The van der Waals surface area contributed by atoms with Crippen LogP contribution in [0.5, 0.6) is 0 Å². The van der Waals surface area contributed by atoms with Gasteiger partial charge in [0, 0.05) is 22.0 Å². The first-order valence-electron chi connectivity index (χ1n) is 7.95. The van der Waals surface area contributed by atoms with Crippen LogP contribution in [0.4, 0.5) is 0 Å². The van der Waals surface area contributed by atoms with E-state index >= 15 is 0 Å².